The summed E-state index contributed by atoms with van der Waals surface area (Å²) in [6.07, 6.45) is 5.81. The van der Waals surface area contributed by atoms with Crippen molar-refractivity contribution in [1.82, 2.24) is 19.6 Å². The molecule has 5 rings (SSSR count). The molecular weight excluding hydrogens is 535 g/mol. The molecule has 1 aromatic carbocycles. The first-order valence-electron chi connectivity index (χ1n) is 11.6. The number of rotatable bonds is 4. The van der Waals surface area contributed by atoms with Crippen molar-refractivity contribution in [3.63, 3.8) is 0 Å². The zero-order chi connectivity index (χ0) is 25.2. The van der Waals surface area contributed by atoms with Gasteiger partial charge in [0.15, 0.2) is 5.58 Å². The molecule has 0 saturated carbocycles. The van der Waals surface area contributed by atoms with Crippen molar-refractivity contribution in [2.24, 2.45) is 0 Å². The number of piperidine rings is 1. The second kappa shape index (κ2) is 11.9. The van der Waals surface area contributed by atoms with Crippen molar-refractivity contribution >= 4 is 21.4 Å². The van der Waals surface area contributed by atoms with E-state index >= 15 is 0 Å². The van der Waals surface area contributed by atoms with E-state index in [0.29, 0.717) is 11.5 Å². The van der Waals surface area contributed by atoms with Gasteiger partial charge in [0.25, 0.3) is 5.56 Å². The van der Waals surface area contributed by atoms with E-state index in [0.717, 1.165) is 92.9 Å². The molecule has 0 unspecified atom stereocenters. The second-order valence-corrected chi connectivity index (χ2v) is 9.80. The van der Waals surface area contributed by atoms with Crippen LogP contribution < -0.4 is 5.56 Å². The largest absolute Gasteiger partial charge is 2.00 e. The van der Waals surface area contributed by atoms with E-state index in [1.54, 1.807) is 6.07 Å². The molecule has 0 amide bonds. The third kappa shape index (κ3) is 6.99. The molecule has 4 heterocycles. The number of likely N-dealkylation sites (tertiary alicyclic amines) is 1. The maximum absolute atomic E-state index is 13.4. The first-order valence-corrected chi connectivity index (χ1v) is 13.0. The number of aryl methyl sites for hydroxylation is 2. The Hall–Kier alpha value is -2.15. The summed E-state index contributed by atoms with van der Waals surface area (Å²) < 4.78 is 54.7. The van der Waals surface area contributed by atoms with Crippen LogP contribution >= 0.6 is 0 Å². The van der Waals surface area contributed by atoms with Gasteiger partial charge in [-0.2, -0.15) is 0 Å². The predicted molar refractivity (Wildman–Crippen MR) is 123 cm³/mol. The first kappa shape index (κ1) is 28.4. The Labute approximate surface area is 218 Å². The number of aromatic nitrogens is 3. The maximum atomic E-state index is 13.4. The summed E-state index contributed by atoms with van der Waals surface area (Å²) in [4.78, 5) is 20.1. The Morgan fingerprint density at radius 2 is 1.86 bits per heavy atom. The van der Waals surface area contributed by atoms with Crippen LogP contribution in [0.3, 0.4) is 0 Å². The molecule has 13 heteroatoms. The van der Waals surface area contributed by atoms with Crippen LogP contribution in [-0.2, 0) is 46.9 Å². The standard InChI is InChI=1S/C23H27FN4O2.Fe.H2O4S/c1-15-18(23(29)28-10-3-2-4-21(28)25-15)9-13-27-11-7-16(8-12-27)22-19-6-5-17(24)14-20(19)30-26-22;;1-5(2,3)4/h5-6,14,16H,2-4,7-13H2,1H3;;(H2,1,2,3,4)/q;+2;/p-2. The summed E-state index contributed by atoms with van der Waals surface area (Å²) >= 11 is 0. The second-order valence-electron chi connectivity index (χ2n) is 8.99. The Morgan fingerprint density at radius 1 is 1.17 bits per heavy atom. The van der Waals surface area contributed by atoms with Gasteiger partial charge < -0.3 is 18.5 Å². The van der Waals surface area contributed by atoms with Gasteiger partial charge in [-0.1, -0.05) is 5.16 Å². The molecule has 2 aliphatic rings. The van der Waals surface area contributed by atoms with Crippen molar-refractivity contribution in [3.8, 4) is 0 Å². The average molecular weight is 562 g/mol. The fourth-order valence-electron chi connectivity index (χ4n) is 4.94. The van der Waals surface area contributed by atoms with Crippen molar-refractivity contribution in [3.05, 3.63) is 57.1 Å². The van der Waals surface area contributed by atoms with E-state index in [1.807, 2.05) is 11.5 Å². The summed E-state index contributed by atoms with van der Waals surface area (Å²) in [5, 5.41) is 5.15. The van der Waals surface area contributed by atoms with Gasteiger partial charge in [-0.25, -0.2) is 9.37 Å². The Balaban J connectivity index is 0.000000551. The van der Waals surface area contributed by atoms with Gasteiger partial charge in [-0.3, -0.25) is 17.8 Å². The molecule has 36 heavy (non-hydrogen) atoms. The maximum Gasteiger partial charge on any atom is 2.00 e. The van der Waals surface area contributed by atoms with Crippen LogP contribution in [0.25, 0.3) is 11.0 Å². The van der Waals surface area contributed by atoms with Crippen LogP contribution in [0.5, 0.6) is 0 Å². The van der Waals surface area contributed by atoms with Gasteiger partial charge >= 0.3 is 17.1 Å². The molecule has 2 aliphatic heterocycles. The Morgan fingerprint density at radius 3 is 2.56 bits per heavy atom. The van der Waals surface area contributed by atoms with Gasteiger partial charge in [0, 0.05) is 58.5 Å². The van der Waals surface area contributed by atoms with E-state index in [1.165, 1.54) is 12.1 Å². The average Bonchev–Trinajstić information content (AvgIpc) is 3.21. The van der Waals surface area contributed by atoms with Gasteiger partial charge in [0.2, 0.25) is 0 Å². The van der Waals surface area contributed by atoms with E-state index < -0.39 is 10.4 Å². The smallest absolute Gasteiger partial charge is 0.759 e. The van der Waals surface area contributed by atoms with Gasteiger partial charge in [-0.05, 0) is 64.3 Å². The molecule has 0 bridgehead atoms. The fourth-order valence-corrected chi connectivity index (χ4v) is 4.94. The van der Waals surface area contributed by atoms with Crippen molar-refractivity contribution in [2.75, 3.05) is 19.6 Å². The van der Waals surface area contributed by atoms with Crippen molar-refractivity contribution in [1.29, 1.82) is 0 Å². The van der Waals surface area contributed by atoms with Crippen LogP contribution in [0, 0.1) is 12.7 Å². The van der Waals surface area contributed by atoms with Crippen LogP contribution in [0.1, 0.15) is 54.4 Å². The first-order chi connectivity index (χ1) is 16.6. The molecule has 1 fully saturated rings. The number of nitrogens with zero attached hydrogens (tertiary/aromatic N) is 4. The quantitative estimate of drug-likeness (QED) is 0.266. The molecule has 0 radical (unpaired) electrons. The topological polar surface area (TPSA) is 144 Å². The zero-order valence-corrected chi connectivity index (χ0v) is 21.7. The SMILES string of the molecule is Cc1nc2n(c(=O)c1CCN1CCC(c3noc4cc(F)ccc34)CC1)CCCC2.O=S(=O)([O-])[O-].[Fe+2]. The molecule has 0 atom stereocenters. The number of fused-ring (bicyclic) bond motifs is 2. The van der Waals surface area contributed by atoms with E-state index in [9.17, 15) is 9.18 Å². The fraction of sp³-hybridized carbons (Fsp3) is 0.522. The van der Waals surface area contributed by atoms with Crippen molar-refractivity contribution < 1.29 is 43.5 Å². The summed E-state index contributed by atoms with van der Waals surface area (Å²) in [7, 11) is -5.17. The zero-order valence-electron chi connectivity index (χ0n) is 19.8. The van der Waals surface area contributed by atoms with Crippen LogP contribution in [0.15, 0.2) is 27.5 Å². The van der Waals surface area contributed by atoms with Crippen LogP contribution in [0.4, 0.5) is 4.39 Å². The number of hydrogen-bond acceptors (Lipinski definition) is 9. The Kier molecular flexibility index (Phi) is 9.42. The molecule has 3 aromatic rings. The molecular formula is C23H27FFeN4O6S. The van der Waals surface area contributed by atoms with E-state index in [4.69, 9.17) is 27.0 Å². The molecule has 0 spiro atoms. The van der Waals surface area contributed by atoms with Crippen molar-refractivity contribution in [2.45, 2.75) is 57.9 Å². The van der Waals surface area contributed by atoms with Gasteiger partial charge in [0.1, 0.15) is 11.6 Å². The van der Waals surface area contributed by atoms with Gasteiger partial charge in [0.05, 0.1) is 5.69 Å². The monoisotopic (exact) mass is 562 g/mol. The number of benzene rings is 1. The molecule has 0 N–H and O–H groups in total. The number of hydrogen-bond donors (Lipinski definition) is 0. The molecule has 1 saturated heterocycles. The summed E-state index contributed by atoms with van der Waals surface area (Å²) in [5.74, 6) is 0.974. The molecule has 2 aromatic heterocycles. The third-order valence-corrected chi connectivity index (χ3v) is 6.69. The number of halogens is 1. The minimum atomic E-state index is -5.17. The van der Waals surface area contributed by atoms with E-state index in [2.05, 4.69) is 10.1 Å². The summed E-state index contributed by atoms with van der Waals surface area (Å²) in [6.45, 7) is 5.55. The van der Waals surface area contributed by atoms with Crippen LogP contribution in [-0.4, -0.2) is 56.8 Å². The van der Waals surface area contributed by atoms with Crippen LogP contribution in [0.2, 0.25) is 0 Å². The minimum Gasteiger partial charge on any atom is -0.759 e. The molecule has 0 aliphatic carbocycles. The summed E-state index contributed by atoms with van der Waals surface area (Å²) in [6, 6.07) is 4.63. The normalized spacial score (nSPS) is 16.7. The summed E-state index contributed by atoms with van der Waals surface area (Å²) in [5.41, 5.74) is 3.38. The molecule has 10 nitrogen and oxygen atoms in total. The molecule has 196 valence electrons. The van der Waals surface area contributed by atoms with Gasteiger partial charge in [-0.15, -0.1) is 0 Å². The predicted octanol–water partition coefficient (Wildman–Crippen LogP) is 2.25. The van der Waals surface area contributed by atoms with E-state index in [-0.39, 0.29) is 28.4 Å². The Bertz CT molecular complexity index is 1360. The third-order valence-electron chi connectivity index (χ3n) is 6.69. The minimum absolute atomic E-state index is 0.